The van der Waals surface area contributed by atoms with Gasteiger partial charge in [0.1, 0.15) is 11.1 Å². The monoisotopic (exact) mass is 459 g/mol. The normalized spacial score (nSPS) is 11.1. The molecule has 0 spiro atoms. The standard InChI is InChI=1S/C28H17N3O4/c32-26(30-21-11-12-25-23(15-21)31-27(34-25)20-5-3-13-29-16-20)18-9-7-17(8-10-18)22-14-19-4-1-2-6-24(19)35-28(22)33/h1-16H,(H,30,32). The number of carbonyl (C=O) groups is 1. The van der Waals surface area contributed by atoms with E-state index in [1.807, 2.05) is 30.3 Å². The van der Waals surface area contributed by atoms with Crippen LogP contribution >= 0.6 is 0 Å². The zero-order valence-electron chi connectivity index (χ0n) is 18.3. The lowest BCUT2D eigenvalue weighted by molar-refractivity contribution is 0.102. The van der Waals surface area contributed by atoms with Gasteiger partial charge < -0.3 is 14.2 Å². The lowest BCUT2D eigenvalue weighted by atomic mass is 10.0. The van der Waals surface area contributed by atoms with Crippen molar-refractivity contribution >= 4 is 33.7 Å². The maximum Gasteiger partial charge on any atom is 0.344 e. The maximum absolute atomic E-state index is 12.8. The maximum atomic E-state index is 12.8. The third kappa shape index (κ3) is 3.95. The molecular formula is C28H17N3O4. The van der Waals surface area contributed by atoms with Crippen LogP contribution in [0.25, 0.3) is 44.7 Å². The number of benzene rings is 3. The van der Waals surface area contributed by atoms with E-state index in [0.29, 0.717) is 45.0 Å². The van der Waals surface area contributed by atoms with Gasteiger partial charge in [0, 0.05) is 29.0 Å². The summed E-state index contributed by atoms with van der Waals surface area (Å²) in [6.45, 7) is 0. The van der Waals surface area contributed by atoms with Crippen molar-refractivity contribution in [3.63, 3.8) is 0 Å². The van der Waals surface area contributed by atoms with Crippen molar-refractivity contribution < 1.29 is 13.6 Å². The molecule has 3 aromatic carbocycles. The molecular weight excluding hydrogens is 442 g/mol. The highest BCUT2D eigenvalue weighted by Gasteiger charge is 2.12. The zero-order chi connectivity index (χ0) is 23.8. The summed E-state index contributed by atoms with van der Waals surface area (Å²) in [5, 5.41) is 3.71. The van der Waals surface area contributed by atoms with E-state index in [1.54, 1.807) is 67.0 Å². The van der Waals surface area contributed by atoms with E-state index in [9.17, 15) is 9.59 Å². The molecule has 0 aliphatic carbocycles. The lowest BCUT2D eigenvalue weighted by Gasteiger charge is -2.07. The number of para-hydroxylation sites is 1. The fraction of sp³-hybridized carbons (Fsp3) is 0. The molecule has 3 aromatic heterocycles. The molecule has 7 nitrogen and oxygen atoms in total. The van der Waals surface area contributed by atoms with Gasteiger partial charge in [0.25, 0.3) is 5.91 Å². The number of rotatable bonds is 4. The van der Waals surface area contributed by atoms with Crippen molar-refractivity contribution in [3.8, 4) is 22.6 Å². The smallest absolute Gasteiger partial charge is 0.344 e. The zero-order valence-corrected chi connectivity index (χ0v) is 18.3. The number of oxazole rings is 1. The van der Waals surface area contributed by atoms with E-state index in [2.05, 4.69) is 15.3 Å². The Bertz CT molecular complexity index is 1750. The number of pyridine rings is 1. The number of hydrogen-bond acceptors (Lipinski definition) is 6. The molecule has 0 fully saturated rings. The molecule has 3 heterocycles. The molecule has 0 aliphatic rings. The number of amides is 1. The minimum Gasteiger partial charge on any atom is -0.436 e. The predicted molar refractivity (Wildman–Crippen MR) is 133 cm³/mol. The minimum absolute atomic E-state index is 0.280. The average Bonchev–Trinajstić information content (AvgIpc) is 3.32. The Hall–Kier alpha value is -5.04. The fourth-order valence-corrected chi connectivity index (χ4v) is 3.89. The Morgan fingerprint density at radius 3 is 2.49 bits per heavy atom. The van der Waals surface area contributed by atoms with E-state index in [4.69, 9.17) is 8.83 Å². The number of fused-ring (bicyclic) bond motifs is 2. The van der Waals surface area contributed by atoms with E-state index in [1.165, 1.54) is 0 Å². The Morgan fingerprint density at radius 1 is 0.800 bits per heavy atom. The van der Waals surface area contributed by atoms with Gasteiger partial charge in [0.2, 0.25) is 5.89 Å². The minimum atomic E-state index is -0.424. The summed E-state index contributed by atoms with van der Waals surface area (Å²) in [4.78, 5) is 33.8. The van der Waals surface area contributed by atoms with Crippen LogP contribution in [-0.2, 0) is 0 Å². The number of carbonyl (C=O) groups excluding carboxylic acids is 1. The van der Waals surface area contributed by atoms with Gasteiger partial charge in [0.15, 0.2) is 5.58 Å². The van der Waals surface area contributed by atoms with Crippen LogP contribution in [0.1, 0.15) is 10.4 Å². The molecule has 1 N–H and O–H groups in total. The Balaban J connectivity index is 1.23. The summed E-state index contributed by atoms with van der Waals surface area (Å²) in [6, 6.07) is 24.9. The van der Waals surface area contributed by atoms with Crippen LogP contribution in [0.5, 0.6) is 0 Å². The van der Waals surface area contributed by atoms with Crippen molar-refractivity contribution in [2.45, 2.75) is 0 Å². The van der Waals surface area contributed by atoms with Gasteiger partial charge >= 0.3 is 5.63 Å². The highest BCUT2D eigenvalue weighted by molar-refractivity contribution is 6.05. The Kier molecular flexibility index (Phi) is 4.93. The largest absolute Gasteiger partial charge is 0.436 e. The molecule has 0 aliphatic heterocycles. The van der Waals surface area contributed by atoms with Crippen LogP contribution in [0.2, 0.25) is 0 Å². The fourth-order valence-electron chi connectivity index (χ4n) is 3.89. The van der Waals surface area contributed by atoms with Gasteiger partial charge in [-0.1, -0.05) is 30.3 Å². The van der Waals surface area contributed by atoms with Gasteiger partial charge in [-0.2, -0.15) is 0 Å². The number of hydrogen-bond donors (Lipinski definition) is 1. The van der Waals surface area contributed by atoms with E-state index < -0.39 is 5.63 Å². The molecule has 0 saturated heterocycles. The first-order chi connectivity index (χ1) is 17.1. The van der Waals surface area contributed by atoms with Crippen LogP contribution in [-0.4, -0.2) is 15.9 Å². The summed E-state index contributed by atoms with van der Waals surface area (Å²) in [7, 11) is 0. The highest BCUT2D eigenvalue weighted by atomic mass is 16.4. The number of nitrogens with one attached hydrogen (secondary N) is 1. The molecule has 168 valence electrons. The molecule has 7 heteroatoms. The second kappa shape index (κ2) is 8.39. The van der Waals surface area contributed by atoms with Crippen molar-refractivity contribution in [2.24, 2.45) is 0 Å². The number of anilines is 1. The molecule has 1 amide bonds. The first-order valence-corrected chi connectivity index (χ1v) is 10.9. The summed E-state index contributed by atoms with van der Waals surface area (Å²) in [6.07, 6.45) is 3.36. The van der Waals surface area contributed by atoms with E-state index >= 15 is 0 Å². The summed E-state index contributed by atoms with van der Waals surface area (Å²) < 4.78 is 11.2. The predicted octanol–water partition coefficient (Wildman–Crippen LogP) is 5.92. The second-order valence-electron chi connectivity index (χ2n) is 7.96. The van der Waals surface area contributed by atoms with Gasteiger partial charge in [-0.25, -0.2) is 9.78 Å². The topological polar surface area (TPSA) is 98.2 Å². The summed E-state index contributed by atoms with van der Waals surface area (Å²) in [5.74, 6) is 0.183. The SMILES string of the molecule is O=C(Nc1ccc2oc(-c3cccnc3)nc2c1)c1ccc(-c2cc3ccccc3oc2=O)cc1. The van der Waals surface area contributed by atoms with Crippen molar-refractivity contribution in [2.75, 3.05) is 5.32 Å². The quantitative estimate of drug-likeness (QED) is 0.329. The van der Waals surface area contributed by atoms with Gasteiger partial charge in [-0.05, 0) is 60.2 Å². The molecule has 0 atom stereocenters. The van der Waals surface area contributed by atoms with Crippen molar-refractivity contribution in [3.05, 3.63) is 113 Å². The molecule has 0 radical (unpaired) electrons. The molecule has 6 rings (SSSR count). The van der Waals surface area contributed by atoms with Crippen LogP contribution < -0.4 is 10.9 Å². The van der Waals surface area contributed by atoms with Crippen LogP contribution in [0, 0.1) is 0 Å². The number of aromatic nitrogens is 2. The molecule has 6 aromatic rings. The molecule has 0 unspecified atom stereocenters. The molecule has 35 heavy (non-hydrogen) atoms. The van der Waals surface area contributed by atoms with E-state index in [0.717, 1.165) is 10.9 Å². The summed E-state index contributed by atoms with van der Waals surface area (Å²) in [5.41, 5.74) is 4.28. The van der Waals surface area contributed by atoms with Crippen LogP contribution in [0.4, 0.5) is 5.69 Å². The average molecular weight is 459 g/mol. The van der Waals surface area contributed by atoms with Gasteiger partial charge in [0.05, 0.1) is 11.1 Å². The van der Waals surface area contributed by atoms with Crippen LogP contribution in [0.3, 0.4) is 0 Å². The number of nitrogens with zero attached hydrogens (tertiary/aromatic N) is 2. The lowest BCUT2D eigenvalue weighted by Crippen LogP contribution is -2.11. The van der Waals surface area contributed by atoms with Gasteiger partial charge in [-0.3, -0.25) is 9.78 Å². The van der Waals surface area contributed by atoms with Crippen LogP contribution in [0.15, 0.2) is 111 Å². The third-order valence-electron chi connectivity index (χ3n) is 5.65. The van der Waals surface area contributed by atoms with Crippen molar-refractivity contribution in [1.82, 2.24) is 9.97 Å². The highest BCUT2D eigenvalue weighted by Crippen LogP contribution is 2.26. The Morgan fingerprint density at radius 2 is 1.66 bits per heavy atom. The first-order valence-electron chi connectivity index (χ1n) is 10.9. The molecule has 0 saturated carbocycles. The Labute approximate surface area is 198 Å². The van der Waals surface area contributed by atoms with Crippen molar-refractivity contribution in [1.29, 1.82) is 0 Å². The first kappa shape index (κ1) is 20.6. The molecule has 0 bridgehead atoms. The summed E-state index contributed by atoms with van der Waals surface area (Å²) >= 11 is 0. The second-order valence-corrected chi connectivity index (χ2v) is 7.96. The van der Waals surface area contributed by atoms with E-state index in [-0.39, 0.29) is 5.91 Å². The third-order valence-corrected chi connectivity index (χ3v) is 5.65. The van der Waals surface area contributed by atoms with Gasteiger partial charge in [-0.15, -0.1) is 0 Å².